The molecule has 0 bridgehead atoms. The van der Waals surface area contributed by atoms with Crippen LogP contribution in [0.4, 0.5) is 0 Å². The third kappa shape index (κ3) is 1.16. The van der Waals surface area contributed by atoms with Crippen molar-refractivity contribution in [2.24, 2.45) is 0 Å². The molecule has 0 saturated carbocycles. The number of hydrogen-bond acceptors (Lipinski definition) is 2. The minimum absolute atomic E-state index is 0.0833. The van der Waals surface area contributed by atoms with Gasteiger partial charge in [-0.2, -0.15) is 5.10 Å². The lowest BCUT2D eigenvalue weighted by Gasteiger charge is -1.88. The maximum Gasteiger partial charge on any atom is 0.267 e. The molecule has 0 saturated heterocycles. The number of hydrogen-bond donors (Lipinski definition) is 1. The summed E-state index contributed by atoms with van der Waals surface area (Å²) in [6.45, 7) is 1.94. The van der Waals surface area contributed by atoms with Crippen LogP contribution in [-0.2, 0) is 6.42 Å². The predicted octanol–water partition coefficient (Wildman–Crippen LogP) is 0.332. The SMILES string of the molecule is CCc1ccn[nH]c1=O. The Morgan fingerprint density at radius 2 is 2.56 bits per heavy atom. The average Bonchev–Trinajstić information content (AvgIpc) is 1.89. The first kappa shape index (κ1) is 6.01. The summed E-state index contributed by atoms with van der Waals surface area (Å²) in [7, 11) is 0. The van der Waals surface area contributed by atoms with Crippen molar-refractivity contribution in [2.75, 3.05) is 0 Å². The Hall–Kier alpha value is -1.12. The quantitative estimate of drug-likeness (QED) is 0.586. The summed E-state index contributed by atoms with van der Waals surface area (Å²) >= 11 is 0. The highest BCUT2D eigenvalue weighted by Gasteiger charge is 1.91. The van der Waals surface area contributed by atoms with Crippen LogP contribution in [0.5, 0.6) is 0 Å². The van der Waals surface area contributed by atoms with Gasteiger partial charge in [-0.3, -0.25) is 4.79 Å². The van der Waals surface area contributed by atoms with Gasteiger partial charge in [0.1, 0.15) is 0 Å². The number of nitrogens with one attached hydrogen (secondary N) is 1. The Balaban J connectivity index is 3.16. The fraction of sp³-hybridized carbons (Fsp3) is 0.333. The van der Waals surface area contributed by atoms with Crippen LogP contribution in [0.15, 0.2) is 17.1 Å². The zero-order chi connectivity index (χ0) is 6.69. The molecule has 1 rings (SSSR count). The molecule has 0 aromatic carbocycles. The molecular formula is C6H8N2O. The van der Waals surface area contributed by atoms with E-state index >= 15 is 0 Å². The topological polar surface area (TPSA) is 45.8 Å². The van der Waals surface area contributed by atoms with Crippen molar-refractivity contribution in [1.29, 1.82) is 0 Å². The fourth-order valence-electron chi connectivity index (χ4n) is 0.649. The molecule has 0 atom stereocenters. The Bertz CT molecular complexity index is 241. The first-order chi connectivity index (χ1) is 4.34. The molecule has 1 aromatic rings. The van der Waals surface area contributed by atoms with Gasteiger partial charge in [-0.25, -0.2) is 5.10 Å². The number of aryl methyl sites for hydroxylation is 1. The summed E-state index contributed by atoms with van der Waals surface area (Å²) in [4.78, 5) is 10.7. The maximum atomic E-state index is 10.7. The van der Waals surface area contributed by atoms with Crippen LogP contribution in [0, 0.1) is 0 Å². The predicted molar refractivity (Wildman–Crippen MR) is 34.2 cm³/mol. The number of aromatic nitrogens is 2. The lowest BCUT2D eigenvalue weighted by molar-refractivity contribution is 0.938. The molecule has 0 aliphatic heterocycles. The summed E-state index contributed by atoms with van der Waals surface area (Å²) in [5.74, 6) is 0. The minimum Gasteiger partial charge on any atom is -0.268 e. The zero-order valence-corrected chi connectivity index (χ0v) is 5.22. The Kier molecular flexibility index (Phi) is 1.63. The molecule has 1 heterocycles. The van der Waals surface area contributed by atoms with Gasteiger partial charge in [0.2, 0.25) is 0 Å². The number of nitrogens with zero attached hydrogens (tertiary/aromatic N) is 1. The molecular weight excluding hydrogens is 116 g/mol. The second-order valence-corrected chi connectivity index (χ2v) is 1.76. The van der Waals surface area contributed by atoms with E-state index in [0.29, 0.717) is 0 Å². The van der Waals surface area contributed by atoms with E-state index < -0.39 is 0 Å². The van der Waals surface area contributed by atoms with Crippen molar-refractivity contribution in [2.45, 2.75) is 13.3 Å². The van der Waals surface area contributed by atoms with Crippen molar-refractivity contribution in [3.8, 4) is 0 Å². The van der Waals surface area contributed by atoms with Gasteiger partial charge in [-0.1, -0.05) is 6.92 Å². The Morgan fingerprint density at radius 1 is 1.78 bits per heavy atom. The standard InChI is InChI=1S/C6H8N2O/c1-2-5-3-4-7-8-6(5)9/h3-4H,2H2,1H3,(H,8,9). The fourth-order valence-corrected chi connectivity index (χ4v) is 0.649. The second kappa shape index (κ2) is 2.44. The van der Waals surface area contributed by atoms with E-state index in [-0.39, 0.29) is 5.56 Å². The largest absolute Gasteiger partial charge is 0.268 e. The number of rotatable bonds is 1. The molecule has 0 amide bonds. The molecule has 1 aromatic heterocycles. The van der Waals surface area contributed by atoms with E-state index in [1.165, 1.54) is 0 Å². The second-order valence-electron chi connectivity index (χ2n) is 1.76. The van der Waals surface area contributed by atoms with E-state index in [2.05, 4.69) is 10.2 Å². The first-order valence-corrected chi connectivity index (χ1v) is 2.87. The molecule has 0 fully saturated rings. The molecule has 0 radical (unpaired) electrons. The number of H-pyrrole nitrogens is 1. The molecule has 0 unspecified atom stereocenters. The van der Waals surface area contributed by atoms with Gasteiger partial charge in [0.15, 0.2) is 0 Å². The highest BCUT2D eigenvalue weighted by molar-refractivity contribution is 5.04. The molecule has 0 aliphatic rings. The van der Waals surface area contributed by atoms with Gasteiger partial charge in [0, 0.05) is 11.8 Å². The Labute approximate surface area is 52.7 Å². The Morgan fingerprint density at radius 3 is 3.00 bits per heavy atom. The summed E-state index contributed by atoms with van der Waals surface area (Å²) in [5.41, 5.74) is 0.699. The molecule has 1 N–H and O–H groups in total. The molecule has 3 nitrogen and oxygen atoms in total. The van der Waals surface area contributed by atoms with Gasteiger partial charge in [-0.15, -0.1) is 0 Å². The molecule has 48 valence electrons. The van der Waals surface area contributed by atoms with Crippen molar-refractivity contribution < 1.29 is 0 Å². The van der Waals surface area contributed by atoms with E-state index in [9.17, 15) is 4.79 Å². The van der Waals surface area contributed by atoms with Crippen molar-refractivity contribution in [1.82, 2.24) is 10.2 Å². The van der Waals surface area contributed by atoms with E-state index in [0.717, 1.165) is 12.0 Å². The van der Waals surface area contributed by atoms with Crippen LogP contribution in [0.3, 0.4) is 0 Å². The summed E-state index contributed by atoms with van der Waals surface area (Å²) < 4.78 is 0. The molecule has 0 aliphatic carbocycles. The summed E-state index contributed by atoms with van der Waals surface area (Å²) in [5, 5.41) is 5.90. The van der Waals surface area contributed by atoms with E-state index in [4.69, 9.17) is 0 Å². The van der Waals surface area contributed by atoms with Crippen LogP contribution in [-0.4, -0.2) is 10.2 Å². The van der Waals surface area contributed by atoms with Crippen molar-refractivity contribution in [3.05, 3.63) is 28.2 Å². The lowest BCUT2D eigenvalue weighted by atomic mass is 10.2. The van der Waals surface area contributed by atoms with Crippen LogP contribution < -0.4 is 5.56 Å². The van der Waals surface area contributed by atoms with Gasteiger partial charge < -0.3 is 0 Å². The van der Waals surface area contributed by atoms with E-state index in [1.807, 2.05) is 6.92 Å². The monoisotopic (exact) mass is 124 g/mol. The van der Waals surface area contributed by atoms with E-state index in [1.54, 1.807) is 12.3 Å². The highest BCUT2D eigenvalue weighted by Crippen LogP contribution is 1.85. The van der Waals surface area contributed by atoms with Gasteiger partial charge in [0.25, 0.3) is 5.56 Å². The van der Waals surface area contributed by atoms with Crippen LogP contribution in [0.1, 0.15) is 12.5 Å². The summed E-state index contributed by atoms with van der Waals surface area (Å²) in [6, 6.07) is 1.72. The van der Waals surface area contributed by atoms with Crippen LogP contribution in [0.2, 0.25) is 0 Å². The highest BCUT2D eigenvalue weighted by atomic mass is 16.1. The normalized spacial score (nSPS) is 9.44. The third-order valence-electron chi connectivity index (χ3n) is 1.19. The molecule has 0 spiro atoms. The average molecular weight is 124 g/mol. The number of aromatic amines is 1. The summed E-state index contributed by atoms with van der Waals surface area (Å²) in [6.07, 6.45) is 2.35. The minimum atomic E-state index is -0.0833. The van der Waals surface area contributed by atoms with Gasteiger partial charge in [0.05, 0.1) is 0 Å². The third-order valence-corrected chi connectivity index (χ3v) is 1.19. The van der Waals surface area contributed by atoms with Crippen LogP contribution in [0.25, 0.3) is 0 Å². The first-order valence-electron chi connectivity index (χ1n) is 2.87. The van der Waals surface area contributed by atoms with Gasteiger partial charge >= 0.3 is 0 Å². The van der Waals surface area contributed by atoms with Crippen molar-refractivity contribution in [3.63, 3.8) is 0 Å². The van der Waals surface area contributed by atoms with Crippen molar-refractivity contribution >= 4 is 0 Å². The smallest absolute Gasteiger partial charge is 0.267 e. The zero-order valence-electron chi connectivity index (χ0n) is 5.22. The van der Waals surface area contributed by atoms with Gasteiger partial charge in [-0.05, 0) is 12.5 Å². The molecule has 3 heteroatoms. The lowest BCUT2D eigenvalue weighted by Crippen LogP contribution is -2.11. The maximum absolute atomic E-state index is 10.7. The van der Waals surface area contributed by atoms with Crippen LogP contribution >= 0.6 is 0 Å². The molecule has 9 heavy (non-hydrogen) atoms.